The van der Waals surface area contributed by atoms with Crippen LogP contribution in [0.5, 0.6) is 5.75 Å². The highest BCUT2D eigenvalue weighted by Crippen LogP contribution is 2.24. The summed E-state index contributed by atoms with van der Waals surface area (Å²) in [6.07, 6.45) is 0. The summed E-state index contributed by atoms with van der Waals surface area (Å²) in [5.74, 6) is 0.913. The minimum absolute atomic E-state index is 0.616. The second-order valence-corrected chi connectivity index (χ2v) is 5.76. The molecule has 0 saturated carbocycles. The first-order valence-electron chi connectivity index (χ1n) is 5.94. The van der Waals surface area contributed by atoms with Crippen molar-refractivity contribution in [2.24, 2.45) is 0 Å². The zero-order valence-corrected chi connectivity index (χ0v) is 12.7. The molecule has 2 aromatic rings. The lowest BCUT2D eigenvalue weighted by molar-refractivity contribution is 0.309. The Kier molecular flexibility index (Phi) is 5.23. The Bertz CT molecular complexity index is 481. The summed E-state index contributed by atoms with van der Waals surface area (Å²) in [6.45, 7) is 4.62. The van der Waals surface area contributed by atoms with Crippen LogP contribution >= 0.6 is 27.3 Å². The summed E-state index contributed by atoms with van der Waals surface area (Å²) in [5.41, 5.74) is 1.28. The Morgan fingerprint density at radius 3 is 2.61 bits per heavy atom. The molecule has 18 heavy (non-hydrogen) atoms. The van der Waals surface area contributed by atoms with Crippen LogP contribution in [-0.2, 0) is 13.2 Å². The van der Waals surface area contributed by atoms with Crippen molar-refractivity contribution < 1.29 is 4.74 Å². The first-order chi connectivity index (χ1) is 8.79. The van der Waals surface area contributed by atoms with Gasteiger partial charge in [-0.25, -0.2) is 0 Å². The molecule has 2 nitrogen and oxygen atoms in total. The fourth-order valence-corrected chi connectivity index (χ4v) is 2.93. The van der Waals surface area contributed by atoms with E-state index in [-0.39, 0.29) is 0 Å². The molecule has 0 bridgehead atoms. The van der Waals surface area contributed by atoms with Crippen molar-refractivity contribution >= 4 is 27.3 Å². The van der Waals surface area contributed by atoms with Gasteiger partial charge in [-0.05, 0) is 51.6 Å². The Morgan fingerprint density at radius 1 is 1.22 bits per heavy atom. The fourth-order valence-electron chi connectivity index (χ4n) is 1.55. The third-order valence-corrected chi connectivity index (χ3v) is 4.46. The smallest absolute Gasteiger partial charge is 0.124 e. The lowest BCUT2D eigenvalue weighted by atomic mass is 10.2. The van der Waals surface area contributed by atoms with E-state index in [2.05, 4.69) is 45.7 Å². The van der Waals surface area contributed by atoms with Crippen molar-refractivity contribution in [2.45, 2.75) is 20.1 Å². The number of thiophene rings is 1. The minimum Gasteiger partial charge on any atom is -0.488 e. The number of hydrogen-bond donors (Lipinski definition) is 1. The highest BCUT2D eigenvalue weighted by molar-refractivity contribution is 9.10. The van der Waals surface area contributed by atoms with Crippen LogP contribution in [0.25, 0.3) is 0 Å². The van der Waals surface area contributed by atoms with Crippen molar-refractivity contribution in [1.29, 1.82) is 0 Å². The maximum Gasteiger partial charge on any atom is 0.124 e. The summed E-state index contributed by atoms with van der Waals surface area (Å²) in [4.78, 5) is 1.21. The van der Waals surface area contributed by atoms with E-state index in [1.807, 2.05) is 18.2 Å². The van der Waals surface area contributed by atoms with Crippen LogP contribution in [0.15, 0.2) is 40.2 Å². The molecule has 0 fully saturated rings. The average Bonchev–Trinajstić information content (AvgIpc) is 2.81. The number of benzene rings is 1. The van der Waals surface area contributed by atoms with Crippen LogP contribution in [0.2, 0.25) is 0 Å². The van der Waals surface area contributed by atoms with Crippen LogP contribution < -0.4 is 10.1 Å². The average molecular weight is 326 g/mol. The number of hydrogen-bond acceptors (Lipinski definition) is 3. The van der Waals surface area contributed by atoms with E-state index < -0.39 is 0 Å². The SMILES string of the molecule is CCNCc1ccc(OCc2sccc2Br)cc1. The van der Waals surface area contributed by atoms with Gasteiger partial charge >= 0.3 is 0 Å². The molecule has 1 aromatic carbocycles. The molecule has 0 unspecified atom stereocenters. The van der Waals surface area contributed by atoms with Crippen molar-refractivity contribution in [2.75, 3.05) is 6.54 Å². The molecule has 0 spiro atoms. The monoisotopic (exact) mass is 325 g/mol. The van der Waals surface area contributed by atoms with E-state index in [1.165, 1.54) is 10.4 Å². The lowest BCUT2D eigenvalue weighted by Gasteiger charge is -2.07. The third kappa shape index (κ3) is 3.83. The van der Waals surface area contributed by atoms with E-state index >= 15 is 0 Å². The second kappa shape index (κ2) is 6.92. The number of rotatable bonds is 6. The van der Waals surface area contributed by atoms with E-state index in [0.29, 0.717) is 6.61 Å². The molecule has 0 saturated heterocycles. The van der Waals surface area contributed by atoms with E-state index in [4.69, 9.17) is 4.74 Å². The van der Waals surface area contributed by atoms with Crippen molar-refractivity contribution in [1.82, 2.24) is 5.32 Å². The largest absolute Gasteiger partial charge is 0.488 e. The Balaban J connectivity index is 1.88. The summed E-state index contributed by atoms with van der Waals surface area (Å²) in [7, 11) is 0. The van der Waals surface area contributed by atoms with E-state index in [9.17, 15) is 0 Å². The van der Waals surface area contributed by atoms with Crippen LogP contribution in [0, 0.1) is 0 Å². The Hall–Kier alpha value is -0.840. The second-order valence-electron chi connectivity index (χ2n) is 3.90. The van der Waals surface area contributed by atoms with Gasteiger partial charge in [0.2, 0.25) is 0 Å². The fraction of sp³-hybridized carbons (Fsp3) is 0.286. The highest BCUT2D eigenvalue weighted by atomic mass is 79.9. The van der Waals surface area contributed by atoms with Gasteiger partial charge in [0.25, 0.3) is 0 Å². The number of halogens is 1. The van der Waals surface area contributed by atoms with Crippen molar-refractivity contribution in [3.8, 4) is 5.75 Å². The van der Waals surface area contributed by atoms with Gasteiger partial charge in [0, 0.05) is 11.0 Å². The van der Waals surface area contributed by atoms with Gasteiger partial charge in [-0.15, -0.1) is 11.3 Å². The van der Waals surface area contributed by atoms with Gasteiger partial charge in [0.15, 0.2) is 0 Å². The standard InChI is InChI=1S/C14H16BrNOS/c1-2-16-9-11-3-5-12(6-4-11)17-10-14-13(15)7-8-18-14/h3-8,16H,2,9-10H2,1H3. The van der Waals surface area contributed by atoms with Gasteiger partial charge in [-0.3, -0.25) is 0 Å². The van der Waals surface area contributed by atoms with Crippen molar-refractivity contribution in [3.63, 3.8) is 0 Å². The van der Waals surface area contributed by atoms with Gasteiger partial charge in [-0.2, -0.15) is 0 Å². The molecule has 1 N–H and O–H groups in total. The molecule has 2 rings (SSSR count). The molecule has 96 valence electrons. The van der Waals surface area contributed by atoms with E-state index in [0.717, 1.165) is 23.3 Å². The van der Waals surface area contributed by atoms with Gasteiger partial charge in [0.05, 0.1) is 4.88 Å². The molecule has 0 amide bonds. The number of ether oxygens (including phenoxy) is 1. The minimum atomic E-state index is 0.616. The summed E-state index contributed by atoms with van der Waals surface area (Å²) in [5, 5.41) is 5.36. The lowest BCUT2D eigenvalue weighted by Crippen LogP contribution is -2.11. The molecule has 0 aliphatic heterocycles. The molecule has 1 aromatic heterocycles. The van der Waals surface area contributed by atoms with Crippen LogP contribution in [0.4, 0.5) is 0 Å². The topological polar surface area (TPSA) is 21.3 Å². The zero-order valence-electron chi connectivity index (χ0n) is 10.3. The Labute approximate surface area is 120 Å². The predicted octanol–water partition coefficient (Wildman–Crippen LogP) is 4.20. The third-order valence-electron chi connectivity index (χ3n) is 2.56. The predicted molar refractivity (Wildman–Crippen MR) is 80.2 cm³/mol. The van der Waals surface area contributed by atoms with Crippen molar-refractivity contribution in [3.05, 3.63) is 50.6 Å². The van der Waals surface area contributed by atoms with Crippen LogP contribution in [0.3, 0.4) is 0 Å². The zero-order chi connectivity index (χ0) is 12.8. The summed E-state index contributed by atoms with van der Waals surface area (Å²) < 4.78 is 6.87. The van der Waals surface area contributed by atoms with Crippen LogP contribution in [0.1, 0.15) is 17.4 Å². The van der Waals surface area contributed by atoms with E-state index in [1.54, 1.807) is 11.3 Å². The quantitative estimate of drug-likeness (QED) is 0.859. The molecule has 0 aliphatic carbocycles. The van der Waals surface area contributed by atoms with Gasteiger partial charge < -0.3 is 10.1 Å². The molecular formula is C14H16BrNOS. The maximum absolute atomic E-state index is 5.75. The normalized spacial score (nSPS) is 10.6. The molecule has 0 radical (unpaired) electrons. The highest BCUT2D eigenvalue weighted by Gasteiger charge is 2.02. The summed E-state index contributed by atoms with van der Waals surface area (Å²) in [6, 6.07) is 10.3. The molecule has 0 atom stereocenters. The molecule has 0 aliphatic rings. The molecular weight excluding hydrogens is 310 g/mol. The Morgan fingerprint density at radius 2 is 2.00 bits per heavy atom. The first-order valence-corrected chi connectivity index (χ1v) is 7.61. The van der Waals surface area contributed by atoms with Gasteiger partial charge in [-0.1, -0.05) is 19.1 Å². The number of nitrogens with one attached hydrogen (secondary N) is 1. The van der Waals surface area contributed by atoms with Gasteiger partial charge in [0.1, 0.15) is 12.4 Å². The summed E-state index contributed by atoms with van der Waals surface area (Å²) >= 11 is 5.20. The maximum atomic E-state index is 5.75. The first kappa shape index (κ1) is 13.6. The van der Waals surface area contributed by atoms with Crippen LogP contribution in [-0.4, -0.2) is 6.54 Å². The molecule has 1 heterocycles. The molecule has 4 heteroatoms.